The van der Waals surface area contributed by atoms with Crippen LogP contribution in [0.4, 0.5) is 0 Å². The average Bonchev–Trinajstić information content (AvgIpc) is 2.18. The van der Waals surface area contributed by atoms with Crippen molar-refractivity contribution in [1.82, 2.24) is 0 Å². The van der Waals surface area contributed by atoms with Gasteiger partial charge in [0.2, 0.25) is 0 Å². The molecule has 0 N–H and O–H groups in total. The van der Waals surface area contributed by atoms with Gasteiger partial charge in [-0.25, -0.2) is 16.8 Å². The van der Waals surface area contributed by atoms with E-state index >= 15 is 0 Å². The van der Waals surface area contributed by atoms with Gasteiger partial charge in [0.05, 0.1) is 20.2 Å². The Labute approximate surface area is 173 Å². The van der Waals surface area contributed by atoms with Gasteiger partial charge in [0, 0.05) is 22.0 Å². The van der Waals surface area contributed by atoms with E-state index in [9.17, 15) is 25.9 Å². The molecule has 0 radical (unpaired) electrons. The summed E-state index contributed by atoms with van der Waals surface area (Å²) in [5.74, 6) is -0.796. The average molecular weight is 382 g/mol. The monoisotopic (exact) mass is 382 g/mol. The van der Waals surface area contributed by atoms with Gasteiger partial charge in [-0.3, -0.25) is 0 Å². The Bertz CT molecular complexity index is 396. The molecule has 0 saturated carbocycles. The van der Waals surface area contributed by atoms with Gasteiger partial charge >= 0.3 is 59.1 Å². The van der Waals surface area contributed by atoms with Crippen molar-refractivity contribution in [2.24, 2.45) is 0 Å². The summed E-state index contributed by atoms with van der Waals surface area (Å²) >= 11 is 0. The first-order valence-electron chi connectivity index (χ1n) is 5.19. The maximum Gasteiger partial charge on any atom is 1.00 e. The topological polar surface area (TPSA) is 114 Å². The van der Waals surface area contributed by atoms with Crippen molar-refractivity contribution < 1.29 is 85.1 Å². The Kier molecular flexibility index (Phi) is 17.6. The summed E-state index contributed by atoms with van der Waals surface area (Å²) in [6.07, 6.45) is 0.520. The molecule has 110 valence electrons. The molecule has 0 heterocycles. The van der Waals surface area contributed by atoms with Crippen molar-refractivity contribution in [2.75, 3.05) is 11.5 Å². The third-order valence-corrected chi connectivity index (χ3v) is 6.95. The molecule has 0 aromatic carbocycles. The molecule has 0 aliphatic carbocycles. The Morgan fingerprint density at radius 3 is 1.25 bits per heavy atom. The third kappa shape index (κ3) is 20.5. The fourth-order valence-corrected chi connectivity index (χ4v) is 5.01. The number of rotatable bonds is 9. The summed E-state index contributed by atoms with van der Waals surface area (Å²) in [6, 6.07) is 0. The molecule has 2 unspecified atom stereocenters. The zero-order valence-corrected chi connectivity index (χ0v) is 19.3. The fraction of sp³-hybridized carbons (Fsp3) is 1.00. The Hall–Kier alpha value is 2.52. The first-order valence-corrected chi connectivity index (χ1v) is 10.6. The van der Waals surface area contributed by atoms with Crippen LogP contribution in [0, 0.1) is 0 Å². The molecule has 12 heteroatoms. The molecular formula is C8H16Na2O6S4. The standard InChI is InChI=1S/C8H18O6S4.2Na/c1-7(3-5-17(9,10)11)15-16-8(2)4-6-18(12,13)14;;/h7-8H,3-6H2,1-2H3,(H,9,10,11)(H,12,13,14);;/q;2*+1/p-2. The summed E-state index contributed by atoms with van der Waals surface area (Å²) in [5, 5.41) is -0.0462. The van der Waals surface area contributed by atoms with Crippen LogP contribution in [0.2, 0.25) is 0 Å². The van der Waals surface area contributed by atoms with Crippen LogP contribution in [0.25, 0.3) is 0 Å². The molecule has 20 heavy (non-hydrogen) atoms. The number of hydrogen-bond acceptors (Lipinski definition) is 8. The second-order valence-corrected chi connectivity index (χ2v) is 10.1. The van der Waals surface area contributed by atoms with Crippen LogP contribution in [0.15, 0.2) is 0 Å². The SMILES string of the molecule is CC(CCS(=O)(=O)[O-])SSC(C)CCS(=O)(=O)[O-].[Na+].[Na+]. The van der Waals surface area contributed by atoms with Crippen LogP contribution < -0.4 is 59.1 Å². The van der Waals surface area contributed by atoms with Crippen molar-refractivity contribution in [1.29, 1.82) is 0 Å². The third-order valence-electron chi connectivity index (χ3n) is 1.93. The van der Waals surface area contributed by atoms with E-state index in [4.69, 9.17) is 0 Å². The molecule has 0 aromatic rings. The van der Waals surface area contributed by atoms with E-state index in [2.05, 4.69) is 0 Å². The molecule has 0 bridgehead atoms. The van der Waals surface area contributed by atoms with Crippen LogP contribution >= 0.6 is 21.6 Å². The first-order chi connectivity index (χ1) is 7.99. The molecule has 0 aliphatic rings. The summed E-state index contributed by atoms with van der Waals surface area (Å²) < 4.78 is 62.5. The summed E-state index contributed by atoms with van der Waals surface area (Å²) in [5.41, 5.74) is 0. The zero-order valence-electron chi connectivity index (χ0n) is 12.1. The van der Waals surface area contributed by atoms with Crippen LogP contribution in [-0.4, -0.2) is 47.9 Å². The van der Waals surface area contributed by atoms with Gasteiger partial charge in [-0.2, -0.15) is 0 Å². The van der Waals surface area contributed by atoms with Crippen LogP contribution in [0.3, 0.4) is 0 Å². The summed E-state index contributed by atoms with van der Waals surface area (Å²) in [6.45, 7) is 3.58. The normalized spacial score (nSPS) is 14.8. The Morgan fingerprint density at radius 2 is 1.05 bits per heavy atom. The van der Waals surface area contributed by atoms with E-state index in [1.807, 2.05) is 0 Å². The Balaban J connectivity index is -0.00000144. The Morgan fingerprint density at radius 1 is 0.800 bits per heavy atom. The van der Waals surface area contributed by atoms with Gasteiger partial charge in [-0.1, -0.05) is 35.4 Å². The molecule has 0 spiro atoms. The van der Waals surface area contributed by atoms with Crippen molar-refractivity contribution >= 4 is 41.8 Å². The molecule has 0 saturated heterocycles. The zero-order chi connectivity index (χ0) is 14.4. The van der Waals surface area contributed by atoms with Gasteiger partial charge in [0.1, 0.15) is 0 Å². The van der Waals surface area contributed by atoms with Crippen LogP contribution in [0.1, 0.15) is 26.7 Å². The van der Waals surface area contributed by atoms with E-state index < -0.39 is 31.7 Å². The number of hydrogen-bond donors (Lipinski definition) is 0. The molecule has 0 fully saturated rings. The second-order valence-electron chi connectivity index (χ2n) is 3.91. The minimum atomic E-state index is -4.18. The van der Waals surface area contributed by atoms with Crippen LogP contribution in [-0.2, 0) is 20.2 Å². The quantitative estimate of drug-likeness (QED) is 0.221. The largest absolute Gasteiger partial charge is 1.00 e. The van der Waals surface area contributed by atoms with Gasteiger partial charge in [0.15, 0.2) is 0 Å². The first kappa shape index (κ1) is 27.4. The predicted molar refractivity (Wildman–Crippen MR) is 72.5 cm³/mol. The van der Waals surface area contributed by atoms with Crippen LogP contribution in [0.5, 0.6) is 0 Å². The molecule has 6 nitrogen and oxygen atoms in total. The van der Waals surface area contributed by atoms with Crippen molar-refractivity contribution in [3.05, 3.63) is 0 Å². The van der Waals surface area contributed by atoms with Gasteiger partial charge < -0.3 is 9.11 Å². The van der Waals surface area contributed by atoms with E-state index in [0.717, 1.165) is 0 Å². The van der Waals surface area contributed by atoms with Crippen molar-refractivity contribution in [2.45, 2.75) is 37.2 Å². The molecule has 2 atom stereocenters. The fourth-order valence-electron chi connectivity index (χ4n) is 0.907. The molecule has 0 aromatic heterocycles. The smallest absolute Gasteiger partial charge is 0.748 e. The maximum absolute atomic E-state index is 10.4. The van der Waals surface area contributed by atoms with E-state index in [1.54, 1.807) is 13.8 Å². The minimum Gasteiger partial charge on any atom is -0.748 e. The van der Waals surface area contributed by atoms with E-state index in [0.29, 0.717) is 0 Å². The van der Waals surface area contributed by atoms with E-state index in [1.165, 1.54) is 21.6 Å². The van der Waals surface area contributed by atoms with E-state index in [-0.39, 0.29) is 82.5 Å². The predicted octanol–water partition coefficient (Wildman–Crippen LogP) is -4.98. The van der Waals surface area contributed by atoms with Gasteiger partial charge in [0.25, 0.3) is 0 Å². The molecule has 0 aliphatic heterocycles. The summed E-state index contributed by atoms with van der Waals surface area (Å²) in [4.78, 5) is 0. The van der Waals surface area contributed by atoms with Gasteiger partial charge in [-0.05, 0) is 12.8 Å². The van der Waals surface area contributed by atoms with Crippen molar-refractivity contribution in [3.8, 4) is 0 Å². The minimum absolute atomic E-state index is 0. The molecule has 0 amide bonds. The summed E-state index contributed by atoms with van der Waals surface area (Å²) in [7, 11) is -5.58. The maximum atomic E-state index is 10.4. The van der Waals surface area contributed by atoms with Gasteiger partial charge in [-0.15, -0.1) is 0 Å². The molecular weight excluding hydrogens is 366 g/mol. The molecule has 0 rings (SSSR count). The van der Waals surface area contributed by atoms with Crippen molar-refractivity contribution in [3.63, 3.8) is 0 Å². The second kappa shape index (κ2) is 12.9.